The van der Waals surface area contributed by atoms with E-state index in [1.807, 2.05) is 5.09 Å². The molecule has 2 rings (SSSR count). The van der Waals surface area contributed by atoms with E-state index in [0.29, 0.717) is 5.56 Å². The zero-order valence-electron chi connectivity index (χ0n) is 11.8. The van der Waals surface area contributed by atoms with Gasteiger partial charge in [-0.15, -0.1) is 0 Å². The number of carbonyl (C=O) groups is 1. The van der Waals surface area contributed by atoms with E-state index in [4.69, 9.17) is 9.79 Å². The van der Waals surface area contributed by atoms with Crippen LogP contribution >= 0.6 is 7.75 Å². The van der Waals surface area contributed by atoms with Gasteiger partial charge in [0.05, 0.1) is 0 Å². The number of rotatable bonds is 5. The Hall–Kier alpha value is -1.96. The first-order valence-electron chi connectivity index (χ1n) is 6.57. The van der Waals surface area contributed by atoms with Crippen LogP contribution in [0.3, 0.4) is 0 Å². The zero-order chi connectivity index (χ0) is 17.3. The predicted molar refractivity (Wildman–Crippen MR) is 79.9 cm³/mol. The van der Waals surface area contributed by atoms with Gasteiger partial charge in [-0.25, -0.2) is 4.57 Å². The molecule has 0 fully saturated rings. The molecule has 1 aromatic carbocycles. The van der Waals surface area contributed by atoms with Gasteiger partial charge < -0.3 is 25.1 Å². The zero-order valence-corrected chi connectivity index (χ0v) is 12.7. The van der Waals surface area contributed by atoms with Crippen LogP contribution in [0.25, 0.3) is 0 Å². The molecule has 23 heavy (non-hydrogen) atoms. The Morgan fingerprint density at radius 2 is 1.78 bits per heavy atom. The predicted octanol–water partition coefficient (Wildman–Crippen LogP) is -0.0631. The highest BCUT2D eigenvalue weighted by atomic mass is 31.2. The molecule has 1 aliphatic rings. The van der Waals surface area contributed by atoms with Crippen molar-refractivity contribution in [2.45, 2.75) is 12.2 Å². The maximum Gasteiger partial charge on any atom is 0.427 e. The number of allylic oxidation sites excluding steroid dienone is 3. The fourth-order valence-electron chi connectivity index (χ4n) is 2.36. The molecule has 0 bridgehead atoms. The van der Waals surface area contributed by atoms with E-state index in [0.717, 1.165) is 6.08 Å². The van der Waals surface area contributed by atoms with Gasteiger partial charge in [-0.05, 0) is 29.8 Å². The van der Waals surface area contributed by atoms with Crippen LogP contribution in [-0.2, 0) is 15.8 Å². The van der Waals surface area contributed by atoms with Gasteiger partial charge in [-0.1, -0.05) is 18.2 Å². The summed E-state index contributed by atoms with van der Waals surface area (Å²) in [6, 6.07) is 5.58. The fourth-order valence-corrected chi connectivity index (χ4v) is 2.90. The van der Waals surface area contributed by atoms with Crippen molar-refractivity contribution in [2.24, 2.45) is 5.92 Å². The van der Waals surface area contributed by atoms with Crippen LogP contribution in [-0.4, -0.2) is 36.7 Å². The lowest BCUT2D eigenvalue weighted by Crippen LogP contribution is -2.47. The molecule has 1 aromatic rings. The molecule has 1 atom stereocenters. The third kappa shape index (κ3) is 4.51. The molecule has 0 amide bonds. The fraction of sp³-hybridized carbons (Fsp3) is 0.214. The largest absolute Gasteiger partial charge is 0.508 e. The smallest absolute Gasteiger partial charge is 0.427 e. The van der Waals surface area contributed by atoms with Gasteiger partial charge >= 0.3 is 7.75 Å². The summed E-state index contributed by atoms with van der Waals surface area (Å²) in [6.07, 6.45) is 3.17. The van der Waals surface area contributed by atoms with Crippen molar-refractivity contribution in [1.29, 1.82) is 0 Å². The molecule has 124 valence electrons. The summed E-state index contributed by atoms with van der Waals surface area (Å²) in [7, 11) is -4.72. The average molecular weight is 341 g/mol. The van der Waals surface area contributed by atoms with Crippen molar-refractivity contribution >= 4 is 13.5 Å². The molecule has 1 aliphatic carbocycles. The number of aromatic hydroxyl groups is 1. The summed E-state index contributed by atoms with van der Waals surface area (Å²) >= 11 is 0. The molecule has 8 nitrogen and oxygen atoms in total. The summed E-state index contributed by atoms with van der Waals surface area (Å²) < 4.78 is 11.1. The topological polar surface area (TPSA) is 147 Å². The van der Waals surface area contributed by atoms with E-state index in [9.17, 15) is 24.7 Å². The van der Waals surface area contributed by atoms with Crippen molar-refractivity contribution in [2.75, 3.05) is 0 Å². The molecule has 0 spiro atoms. The quantitative estimate of drug-likeness (QED) is 0.322. The van der Waals surface area contributed by atoms with E-state index in [2.05, 4.69) is 0 Å². The first-order valence-corrected chi connectivity index (χ1v) is 8.18. The van der Waals surface area contributed by atoms with Crippen LogP contribution in [0.1, 0.15) is 5.56 Å². The molecule has 0 saturated carbocycles. The number of benzene rings is 1. The number of hydrogen-bond acceptors (Lipinski definition) is 5. The van der Waals surface area contributed by atoms with E-state index < -0.39 is 25.2 Å². The third-order valence-corrected chi connectivity index (χ3v) is 3.82. The van der Waals surface area contributed by atoms with Crippen molar-refractivity contribution in [3.63, 3.8) is 0 Å². The molecule has 0 radical (unpaired) electrons. The van der Waals surface area contributed by atoms with Crippen LogP contribution in [0.2, 0.25) is 0 Å². The van der Waals surface area contributed by atoms with Crippen LogP contribution < -0.4 is 5.09 Å². The number of ketones is 1. The van der Waals surface area contributed by atoms with Crippen LogP contribution in [0.4, 0.5) is 0 Å². The lowest BCUT2D eigenvalue weighted by atomic mass is 9.84. The summed E-state index contributed by atoms with van der Waals surface area (Å²) in [5, 5.41) is 31.7. The highest BCUT2D eigenvalue weighted by Crippen LogP contribution is 2.37. The van der Waals surface area contributed by atoms with Gasteiger partial charge in [0, 0.05) is 12.1 Å². The van der Waals surface area contributed by atoms with Crippen molar-refractivity contribution < 1.29 is 34.5 Å². The summed E-state index contributed by atoms with van der Waals surface area (Å²) in [4.78, 5) is 30.0. The molecular formula is C14H16NO7P. The second kappa shape index (κ2) is 6.27. The number of aliphatic hydroxyl groups is 2. The number of carbonyl (C=O) groups excluding carboxylic acids is 1. The second-order valence-corrected chi connectivity index (χ2v) is 6.51. The molecule has 0 aromatic heterocycles. The first kappa shape index (κ1) is 17.4. The van der Waals surface area contributed by atoms with E-state index in [1.54, 1.807) is 0 Å². The Morgan fingerprint density at radius 3 is 2.35 bits per heavy atom. The van der Waals surface area contributed by atoms with Gasteiger partial charge in [-0.3, -0.25) is 9.88 Å². The monoisotopic (exact) mass is 341 g/mol. The normalized spacial score (nSPS) is 18.7. The maximum absolute atomic E-state index is 12.0. The third-order valence-electron chi connectivity index (χ3n) is 3.27. The standard InChI is InChI=1S/C14H16NO7P/c16-10-6-4-9(5-7-10)8-14(18,19)13-11(15-23(20,21)22)2-1-3-12(13)17/h1-7,13,16,18-19H,8H2,(H3,15,20,21,22). The Morgan fingerprint density at radius 1 is 1.17 bits per heavy atom. The SMILES string of the molecule is O=C1C=CC=C(NP(=O)(O)O)C1C(O)(O)Cc1ccc(O)cc1. The Bertz CT molecular complexity index is 702. The van der Waals surface area contributed by atoms with E-state index in [1.165, 1.54) is 36.4 Å². The highest BCUT2D eigenvalue weighted by Gasteiger charge is 2.43. The summed E-state index contributed by atoms with van der Waals surface area (Å²) in [5.41, 5.74) is 0.139. The number of phenols is 1. The lowest BCUT2D eigenvalue weighted by molar-refractivity contribution is -0.190. The molecule has 6 N–H and O–H groups in total. The van der Waals surface area contributed by atoms with Crippen LogP contribution in [0.5, 0.6) is 5.75 Å². The molecular weight excluding hydrogens is 325 g/mol. The molecule has 0 heterocycles. The van der Waals surface area contributed by atoms with Gasteiger partial charge in [-0.2, -0.15) is 0 Å². The number of hydrogen-bond donors (Lipinski definition) is 6. The maximum atomic E-state index is 12.0. The molecule has 1 unspecified atom stereocenters. The minimum Gasteiger partial charge on any atom is -0.508 e. The molecule has 9 heteroatoms. The number of nitrogens with one attached hydrogen (secondary N) is 1. The van der Waals surface area contributed by atoms with Gasteiger partial charge in [0.25, 0.3) is 0 Å². The molecule has 0 aliphatic heterocycles. The van der Waals surface area contributed by atoms with Crippen molar-refractivity contribution in [3.8, 4) is 5.75 Å². The van der Waals surface area contributed by atoms with Gasteiger partial charge in [0.15, 0.2) is 11.6 Å². The average Bonchev–Trinajstić information content (AvgIpc) is 2.39. The summed E-state index contributed by atoms with van der Waals surface area (Å²) in [6.45, 7) is 0. The minimum absolute atomic E-state index is 0.00402. The van der Waals surface area contributed by atoms with Crippen LogP contribution in [0, 0.1) is 5.92 Å². The second-order valence-electron chi connectivity index (χ2n) is 5.19. The van der Waals surface area contributed by atoms with Crippen molar-refractivity contribution in [3.05, 3.63) is 53.8 Å². The molecule has 0 saturated heterocycles. The minimum atomic E-state index is -4.72. The Kier molecular flexibility index (Phi) is 4.74. The highest BCUT2D eigenvalue weighted by molar-refractivity contribution is 7.49. The lowest BCUT2D eigenvalue weighted by Gasteiger charge is -2.33. The van der Waals surface area contributed by atoms with Gasteiger partial charge in [0.1, 0.15) is 11.7 Å². The Balaban J connectivity index is 2.29. The van der Waals surface area contributed by atoms with Crippen LogP contribution in [0.15, 0.2) is 48.2 Å². The summed E-state index contributed by atoms with van der Waals surface area (Å²) in [5.74, 6) is -4.86. The first-order chi connectivity index (χ1) is 10.6. The van der Waals surface area contributed by atoms with Crippen molar-refractivity contribution in [1.82, 2.24) is 5.09 Å². The van der Waals surface area contributed by atoms with E-state index >= 15 is 0 Å². The number of phenolic OH excluding ortho intramolecular Hbond substituents is 1. The Labute approximate surface area is 131 Å². The van der Waals surface area contributed by atoms with E-state index in [-0.39, 0.29) is 17.9 Å². The van der Waals surface area contributed by atoms with Gasteiger partial charge in [0.2, 0.25) is 0 Å².